The van der Waals surface area contributed by atoms with Crippen molar-refractivity contribution in [3.8, 4) is 62.2 Å². The quantitative estimate of drug-likeness (QED) is 0.132. The molecule has 0 radical (unpaired) electrons. The number of para-hydroxylation sites is 8. The maximum atomic E-state index is 15.3. The molecule has 0 amide bonds. The zero-order valence-corrected chi connectivity index (χ0v) is 62.5. The molecule has 530 valence electrons. The second-order valence-electron chi connectivity index (χ2n) is 27.9. The second-order valence-corrected chi connectivity index (χ2v) is 36.0. The number of rotatable bonds is 9. The van der Waals surface area contributed by atoms with E-state index >= 15 is 9.13 Å². The van der Waals surface area contributed by atoms with Crippen LogP contribution in [0.4, 0.5) is 0 Å². The summed E-state index contributed by atoms with van der Waals surface area (Å²) in [4.78, 5) is 20.3. The summed E-state index contributed by atoms with van der Waals surface area (Å²) in [6.45, 7) is 0. The fourth-order valence-electron chi connectivity index (χ4n) is 16.6. The Bertz CT molecular complexity index is 7660. The maximum Gasteiger partial charge on any atom is 0.175 e. The molecule has 0 saturated heterocycles. The van der Waals surface area contributed by atoms with Crippen LogP contribution in [-0.2, 0) is 13.7 Å². The number of imidazole rings is 4. The summed E-state index contributed by atoms with van der Waals surface area (Å²) >= 11 is 0. The maximum absolute atomic E-state index is 15.3. The van der Waals surface area contributed by atoms with Gasteiger partial charge in [0.1, 0.15) is 17.3 Å². The van der Waals surface area contributed by atoms with E-state index in [1.807, 2.05) is 285 Å². The fourth-order valence-corrected chi connectivity index (χ4v) is 25.6. The minimum atomic E-state index is -3.15. The van der Waals surface area contributed by atoms with Crippen molar-refractivity contribution in [1.29, 1.82) is 0 Å². The molecule has 5 aromatic heterocycles. The molecule has 112 heavy (non-hydrogen) atoms. The van der Waals surface area contributed by atoms with Crippen LogP contribution in [0, 0.1) is 0 Å². The van der Waals surface area contributed by atoms with E-state index in [4.69, 9.17) is 26.8 Å². The molecule has 0 fully saturated rings. The third-order valence-corrected chi connectivity index (χ3v) is 31.0. The minimum Gasteiger partial charge on any atom is -0.308 e. The predicted octanol–water partition coefficient (Wildman–Crippen LogP) is 19.7. The Hall–Kier alpha value is -13.7. The number of aromatic nitrogens is 8. The molecule has 14 heteroatoms. The van der Waals surface area contributed by atoms with Gasteiger partial charge in [0, 0.05) is 58.7 Å². The first-order valence-corrected chi connectivity index (χ1v) is 42.0. The molecular formula is C98H65N8O3P3. The first kappa shape index (κ1) is 61.3. The minimum absolute atomic E-state index is 0.185. The van der Waals surface area contributed by atoms with Crippen LogP contribution < -0.4 is 47.7 Å². The number of hydrogen-bond acceptors (Lipinski definition) is 7. The van der Waals surface area contributed by atoms with Crippen molar-refractivity contribution in [3.05, 3.63) is 393 Å². The van der Waals surface area contributed by atoms with E-state index in [0.717, 1.165) is 171 Å². The van der Waals surface area contributed by atoms with Gasteiger partial charge < -0.3 is 13.7 Å². The van der Waals surface area contributed by atoms with Gasteiger partial charge in [0.25, 0.3) is 0 Å². The number of fused-ring (bicyclic) bond motifs is 11. The largest absolute Gasteiger partial charge is 0.308 e. The number of pyridine rings is 1. The van der Waals surface area contributed by atoms with E-state index in [9.17, 15) is 4.57 Å². The standard InChI is InChI=1S/C37H25N2OP.C34H21N4OP.C27H19N2OP/c40-41(31-12-5-2-6-13-31)34-16-8-7-15-33(34)39-36-32(14-9-17-35(36)41)38-37(39)30-24-22-29(23-25-30)28-20-18-27(19-21-28)26-10-3-1-4-11-26;39-40(23-12-2-1-3-13-23)30-19-9-8-18-28(30)38-32-26(16-10-20-31(32)40)36-34(38)29-21-22-11-4-5-14-24(22)33-35-25-15-6-7-17-27(25)37(29)33;30-31(21-12-5-2-6-13-21)24-16-8-7-15-23(24)29-26(19-18-20-10-3-1-4-11-20)28-22-14-9-17-25(31)27(22)29/h1-25H;1-21H;1-19H/b;;19-18+/i1D,3D,4D,10D,11D;;. The van der Waals surface area contributed by atoms with E-state index < -0.39 is 27.5 Å². The van der Waals surface area contributed by atoms with Gasteiger partial charge in [0.05, 0.1) is 73.7 Å². The van der Waals surface area contributed by atoms with Gasteiger partial charge >= 0.3 is 0 Å². The highest BCUT2D eigenvalue weighted by molar-refractivity contribution is 7.87. The molecule has 3 atom stereocenters. The first-order valence-electron chi connectivity index (χ1n) is 39.4. The van der Waals surface area contributed by atoms with Gasteiger partial charge in [-0.05, 0) is 130 Å². The number of nitrogens with zero attached hydrogens (tertiary/aromatic N) is 8. The summed E-state index contributed by atoms with van der Waals surface area (Å²) in [7, 11) is -9.30. The lowest BCUT2D eigenvalue weighted by Crippen LogP contribution is -2.32. The van der Waals surface area contributed by atoms with Crippen molar-refractivity contribution in [2.24, 2.45) is 0 Å². The molecule has 23 rings (SSSR count). The molecule has 0 saturated carbocycles. The van der Waals surface area contributed by atoms with Gasteiger partial charge in [-0.25, -0.2) is 19.9 Å². The van der Waals surface area contributed by atoms with Crippen molar-refractivity contribution in [2.45, 2.75) is 0 Å². The Morgan fingerprint density at radius 3 is 1.23 bits per heavy atom. The topological polar surface area (TPSA) is 122 Å². The van der Waals surface area contributed by atoms with Gasteiger partial charge in [0.15, 0.2) is 27.3 Å². The highest BCUT2D eigenvalue weighted by atomic mass is 31.2. The molecule has 20 aromatic rings. The van der Waals surface area contributed by atoms with E-state index in [-0.39, 0.29) is 29.7 Å². The Labute approximate surface area is 652 Å². The van der Waals surface area contributed by atoms with Crippen LogP contribution in [0.15, 0.2) is 382 Å². The van der Waals surface area contributed by atoms with Gasteiger partial charge in [-0.2, -0.15) is 0 Å². The van der Waals surface area contributed by atoms with E-state index in [0.29, 0.717) is 5.56 Å². The van der Waals surface area contributed by atoms with Gasteiger partial charge in [-0.3, -0.25) is 18.1 Å². The van der Waals surface area contributed by atoms with Gasteiger partial charge in [-0.15, -0.1) is 0 Å². The average molecular weight is 1500 g/mol. The molecule has 11 nitrogen and oxygen atoms in total. The fraction of sp³-hybridized carbons (Fsp3) is 0. The molecule has 3 unspecified atom stereocenters. The average Bonchev–Trinajstić information content (AvgIpc) is 1.62. The first-order chi connectivity index (χ1) is 57.3. The summed E-state index contributed by atoms with van der Waals surface area (Å²) in [6.07, 6.45) is 4.10. The van der Waals surface area contributed by atoms with Crippen molar-refractivity contribution >= 4 is 142 Å². The lowest BCUT2D eigenvalue weighted by Gasteiger charge is -2.29. The Morgan fingerprint density at radius 2 is 0.696 bits per heavy atom. The predicted molar refractivity (Wildman–Crippen MR) is 463 cm³/mol. The highest BCUT2D eigenvalue weighted by Crippen LogP contribution is 2.53. The van der Waals surface area contributed by atoms with Crippen LogP contribution in [-0.4, -0.2) is 38.0 Å². The third-order valence-electron chi connectivity index (χ3n) is 21.7. The van der Waals surface area contributed by atoms with E-state index in [1.165, 1.54) is 0 Å². The van der Waals surface area contributed by atoms with Crippen LogP contribution in [0.25, 0.3) is 135 Å². The van der Waals surface area contributed by atoms with E-state index in [1.54, 1.807) is 12.1 Å². The lowest BCUT2D eigenvalue weighted by molar-refractivity contribution is 0.591. The Morgan fingerprint density at radius 1 is 0.304 bits per heavy atom. The summed E-state index contributed by atoms with van der Waals surface area (Å²) in [6, 6.07) is 114. The Kier molecular flexibility index (Phi) is 14.5. The van der Waals surface area contributed by atoms with Crippen LogP contribution in [0.5, 0.6) is 0 Å². The lowest BCUT2D eigenvalue weighted by atomic mass is 9.99. The molecular weight excluding hydrogens is 1430 g/mol. The second kappa shape index (κ2) is 26.6. The Balaban J connectivity index is 0.000000111. The third kappa shape index (κ3) is 10.4. The highest BCUT2D eigenvalue weighted by Gasteiger charge is 2.43. The molecule has 8 heterocycles. The SMILES string of the molecule is O=P1(c2ccccc2)c2ccccc2-n2c(-c3cc4ccccc4c4nc5ccccc5n34)nc3cccc1c32.O=P1(c2ccccc2)c2ccccc2-n2c(/C=C/c3ccccc3)nc3cccc1c32.[2H]c1c([2H])c([2H])c(-c2ccc(-c3ccc(-c4nc5cccc6c5n4-c4ccccc4P6(=O)c4ccccc4)cc3)cc2)c([2H])c1[2H]. The molecule has 0 N–H and O–H groups in total. The molecule has 15 aromatic carbocycles. The number of benzene rings is 15. The van der Waals surface area contributed by atoms with Crippen LogP contribution in [0.1, 0.15) is 18.2 Å². The molecule has 0 aliphatic carbocycles. The molecule has 0 spiro atoms. The smallest absolute Gasteiger partial charge is 0.175 e. The normalized spacial score (nSPS) is 16.8. The number of hydrogen-bond donors (Lipinski definition) is 0. The zero-order valence-electron chi connectivity index (χ0n) is 64.8. The molecule has 3 aliphatic rings. The molecule has 0 bridgehead atoms. The summed E-state index contributed by atoms with van der Waals surface area (Å²) in [5, 5.41) is 9.59. The van der Waals surface area contributed by atoms with Crippen molar-refractivity contribution in [3.63, 3.8) is 0 Å². The van der Waals surface area contributed by atoms with Crippen molar-refractivity contribution < 1.29 is 20.5 Å². The van der Waals surface area contributed by atoms with Crippen LogP contribution in [0.3, 0.4) is 0 Å². The summed E-state index contributed by atoms with van der Waals surface area (Å²) in [5.74, 6) is 2.39. The monoisotopic (exact) mass is 1500 g/mol. The summed E-state index contributed by atoms with van der Waals surface area (Å²) in [5.41, 5.74) is 16.3. The van der Waals surface area contributed by atoms with Crippen LogP contribution in [0.2, 0.25) is 0 Å². The van der Waals surface area contributed by atoms with Crippen molar-refractivity contribution in [2.75, 3.05) is 0 Å². The van der Waals surface area contributed by atoms with Crippen LogP contribution >= 0.6 is 21.4 Å². The molecule has 3 aliphatic heterocycles. The zero-order chi connectivity index (χ0) is 79.0. The summed E-state index contributed by atoms with van der Waals surface area (Å²) < 4.78 is 94.4. The van der Waals surface area contributed by atoms with Gasteiger partial charge in [0.2, 0.25) is 0 Å². The van der Waals surface area contributed by atoms with E-state index in [2.05, 4.69) is 84.8 Å². The van der Waals surface area contributed by atoms with Gasteiger partial charge in [-0.1, -0.05) is 297 Å². The van der Waals surface area contributed by atoms with Crippen molar-refractivity contribution in [1.82, 2.24) is 38.0 Å².